The van der Waals surface area contributed by atoms with Crippen LogP contribution < -0.4 is 14.8 Å². The van der Waals surface area contributed by atoms with E-state index in [1.165, 1.54) is 22.8 Å². The molecule has 6 nitrogen and oxygen atoms in total. The highest BCUT2D eigenvalue weighted by atomic mass is 79.9. The normalized spacial score (nSPS) is 12.3. The fourth-order valence-corrected chi connectivity index (χ4v) is 4.00. The molecule has 2 aromatic rings. The summed E-state index contributed by atoms with van der Waals surface area (Å²) >= 11 is 4.20. The quantitative estimate of drug-likeness (QED) is 0.562. The van der Waals surface area contributed by atoms with E-state index in [2.05, 4.69) is 15.9 Å². The second-order valence-electron chi connectivity index (χ2n) is 5.97. The van der Waals surface area contributed by atoms with Gasteiger partial charge in [-0.2, -0.15) is 0 Å². The minimum Gasteiger partial charge on any atom is -0.463 e. The minimum atomic E-state index is -0.612. The number of rotatable bonds is 7. The van der Waals surface area contributed by atoms with E-state index in [0.29, 0.717) is 17.6 Å². The third-order valence-corrected chi connectivity index (χ3v) is 5.68. The lowest BCUT2D eigenvalue weighted by Gasteiger charge is -2.18. The van der Waals surface area contributed by atoms with Gasteiger partial charge in [0, 0.05) is 23.1 Å². The Morgan fingerprint density at radius 1 is 1.28 bits per heavy atom. The number of esters is 1. The third kappa shape index (κ3) is 5.86. The number of halogens is 2. The van der Waals surface area contributed by atoms with Crippen molar-refractivity contribution in [1.82, 2.24) is 9.47 Å². The first-order chi connectivity index (χ1) is 13.8. The lowest BCUT2D eigenvalue weighted by Crippen LogP contribution is -2.40. The zero-order valence-electron chi connectivity index (χ0n) is 16.4. The molecule has 1 aromatic carbocycles. The summed E-state index contributed by atoms with van der Waals surface area (Å²) in [5, 5.41) is 0. The maximum atomic E-state index is 14.2. The van der Waals surface area contributed by atoms with Crippen molar-refractivity contribution in [2.75, 3.05) is 19.7 Å². The highest BCUT2D eigenvalue weighted by molar-refractivity contribution is 9.10. The zero-order valence-corrected chi connectivity index (χ0v) is 18.8. The predicted octanol–water partition coefficient (Wildman–Crippen LogP) is 1.85. The van der Waals surface area contributed by atoms with Gasteiger partial charge in [0.25, 0.3) is 5.56 Å². The summed E-state index contributed by atoms with van der Waals surface area (Å²) in [6.07, 6.45) is 2.59. The number of benzene rings is 1. The van der Waals surface area contributed by atoms with Gasteiger partial charge in [0.1, 0.15) is 17.0 Å². The molecular formula is C20H22BrFN2O4S. The number of carbonyl (C=O) groups is 2. The Hall–Kier alpha value is -2.26. The number of amides is 1. The summed E-state index contributed by atoms with van der Waals surface area (Å²) in [6.45, 7) is 6.36. The fraction of sp³-hybridized carbons (Fsp3) is 0.350. The van der Waals surface area contributed by atoms with Gasteiger partial charge in [0.2, 0.25) is 5.91 Å². The molecule has 0 bridgehead atoms. The second-order valence-corrected chi connectivity index (χ2v) is 7.95. The lowest BCUT2D eigenvalue weighted by molar-refractivity contribution is -0.135. The van der Waals surface area contributed by atoms with Gasteiger partial charge in [-0.25, -0.2) is 9.18 Å². The van der Waals surface area contributed by atoms with Crippen molar-refractivity contribution in [1.29, 1.82) is 0 Å². The highest BCUT2D eigenvalue weighted by Crippen LogP contribution is 2.15. The minimum absolute atomic E-state index is 0.187. The Morgan fingerprint density at radius 3 is 2.55 bits per heavy atom. The molecule has 29 heavy (non-hydrogen) atoms. The summed E-state index contributed by atoms with van der Waals surface area (Å²) in [5.41, 5.74) is -0.232. The number of ether oxygens (including phenoxy) is 1. The molecule has 0 spiro atoms. The molecule has 0 fully saturated rings. The molecule has 1 amide bonds. The summed E-state index contributed by atoms with van der Waals surface area (Å²) in [7, 11) is 0. The number of hydrogen-bond donors (Lipinski definition) is 0. The first-order valence-corrected chi connectivity index (χ1v) is 10.7. The number of likely N-dealkylation sites (N-methyl/N-ethyl adjacent to an activating group) is 1. The monoisotopic (exact) mass is 484 g/mol. The Morgan fingerprint density at radius 2 is 1.97 bits per heavy atom. The third-order valence-electron chi connectivity index (χ3n) is 4.12. The molecule has 9 heteroatoms. The van der Waals surface area contributed by atoms with E-state index in [4.69, 9.17) is 4.74 Å². The first-order valence-electron chi connectivity index (χ1n) is 9.13. The molecule has 0 aliphatic rings. The van der Waals surface area contributed by atoms with Gasteiger partial charge in [-0.3, -0.25) is 14.2 Å². The van der Waals surface area contributed by atoms with E-state index < -0.39 is 17.3 Å². The van der Waals surface area contributed by atoms with E-state index in [-0.39, 0.29) is 33.8 Å². The average Bonchev–Trinajstić information content (AvgIpc) is 2.94. The van der Waals surface area contributed by atoms with Gasteiger partial charge in [0.05, 0.1) is 17.2 Å². The molecule has 0 aliphatic carbocycles. The molecule has 1 aromatic heterocycles. The molecule has 0 radical (unpaired) electrons. The predicted molar refractivity (Wildman–Crippen MR) is 115 cm³/mol. The van der Waals surface area contributed by atoms with Crippen molar-refractivity contribution in [3.05, 3.63) is 53.6 Å². The van der Waals surface area contributed by atoms with Crippen molar-refractivity contribution < 1.29 is 18.7 Å². The Balaban J connectivity index is 2.62. The van der Waals surface area contributed by atoms with Crippen molar-refractivity contribution in [3.63, 3.8) is 0 Å². The molecule has 0 N–H and O–H groups in total. The maximum Gasteiger partial charge on any atom is 0.333 e. The van der Waals surface area contributed by atoms with Gasteiger partial charge < -0.3 is 9.64 Å². The van der Waals surface area contributed by atoms with Crippen LogP contribution in [0, 0.1) is 5.82 Å². The van der Waals surface area contributed by atoms with E-state index in [1.54, 1.807) is 24.0 Å². The van der Waals surface area contributed by atoms with Crippen LogP contribution in [0.25, 0.3) is 12.2 Å². The number of nitrogens with zero attached hydrogens (tertiary/aromatic N) is 2. The van der Waals surface area contributed by atoms with Gasteiger partial charge in [-0.05, 0) is 39.0 Å². The van der Waals surface area contributed by atoms with Crippen molar-refractivity contribution >= 4 is 51.3 Å². The number of aromatic nitrogens is 1. The van der Waals surface area contributed by atoms with Crippen LogP contribution in [0.3, 0.4) is 0 Å². The Bertz CT molecular complexity index is 1070. The van der Waals surface area contributed by atoms with Crippen molar-refractivity contribution in [2.24, 2.45) is 0 Å². The standard InChI is InChI=1S/C20H22BrFN2O4S/c1-4-23(5-2)17(25)12-24-18(11-19(26)28-6-3)29-16(20(24)27)9-13-7-8-14(21)10-15(13)22/h7-11H,4-6,12H2,1-3H3/b16-9-,18-11+. The SMILES string of the molecule is CCOC(=O)/C=c1/s/c(=C\c2ccc(Br)cc2F)c(=O)n1CC(=O)N(CC)CC. The molecule has 1 heterocycles. The fourth-order valence-electron chi connectivity index (χ4n) is 2.65. The summed E-state index contributed by atoms with van der Waals surface area (Å²) in [5.74, 6) is -1.34. The Labute approximate surface area is 180 Å². The number of thiazole rings is 1. The van der Waals surface area contributed by atoms with E-state index in [0.717, 1.165) is 11.3 Å². The van der Waals surface area contributed by atoms with Crippen molar-refractivity contribution in [3.8, 4) is 0 Å². The molecule has 0 atom stereocenters. The van der Waals surface area contributed by atoms with Crippen molar-refractivity contribution in [2.45, 2.75) is 27.3 Å². The van der Waals surface area contributed by atoms with Crippen LogP contribution in [0.15, 0.2) is 27.5 Å². The van der Waals surface area contributed by atoms with Crippen LogP contribution in [0.5, 0.6) is 0 Å². The Kier molecular flexibility index (Phi) is 8.33. The number of carbonyl (C=O) groups excluding carboxylic acids is 2. The van der Waals surface area contributed by atoms with Crippen LogP contribution in [0.4, 0.5) is 4.39 Å². The average molecular weight is 485 g/mol. The molecular weight excluding hydrogens is 463 g/mol. The maximum absolute atomic E-state index is 14.2. The van der Waals surface area contributed by atoms with Crippen LogP contribution in [0.2, 0.25) is 0 Å². The molecule has 0 saturated carbocycles. The molecule has 2 rings (SSSR count). The van der Waals surface area contributed by atoms with E-state index in [1.807, 2.05) is 13.8 Å². The number of hydrogen-bond acceptors (Lipinski definition) is 5. The second kappa shape index (κ2) is 10.5. The zero-order chi connectivity index (χ0) is 21.6. The topological polar surface area (TPSA) is 68.6 Å². The van der Waals surface area contributed by atoms with E-state index in [9.17, 15) is 18.8 Å². The molecule has 0 aliphatic heterocycles. The molecule has 156 valence electrons. The van der Waals surface area contributed by atoms with Gasteiger partial charge in [-0.1, -0.05) is 22.0 Å². The van der Waals surface area contributed by atoms with Gasteiger partial charge >= 0.3 is 5.97 Å². The highest BCUT2D eigenvalue weighted by Gasteiger charge is 2.15. The summed E-state index contributed by atoms with van der Waals surface area (Å²) in [4.78, 5) is 38.9. The van der Waals surface area contributed by atoms with Crippen LogP contribution in [-0.4, -0.2) is 41.0 Å². The summed E-state index contributed by atoms with van der Waals surface area (Å²) in [6, 6.07) is 4.50. The first kappa shape index (κ1) is 23.0. The molecule has 0 unspecified atom stereocenters. The van der Waals surface area contributed by atoms with Crippen LogP contribution in [-0.2, 0) is 20.9 Å². The van der Waals surface area contributed by atoms with Gasteiger partial charge in [0.15, 0.2) is 0 Å². The summed E-state index contributed by atoms with van der Waals surface area (Å²) < 4.78 is 21.4. The van der Waals surface area contributed by atoms with Crippen LogP contribution >= 0.6 is 27.3 Å². The lowest BCUT2D eigenvalue weighted by atomic mass is 10.2. The van der Waals surface area contributed by atoms with E-state index >= 15 is 0 Å². The van der Waals surface area contributed by atoms with Crippen LogP contribution in [0.1, 0.15) is 26.3 Å². The molecule has 0 saturated heterocycles. The largest absolute Gasteiger partial charge is 0.463 e. The van der Waals surface area contributed by atoms with Gasteiger partial charge in [-0.15, -0.1) is 11.3 Å². The smallest absolute Gasteiger partial charge is 0.333 e.